The molecule has 0 aromatic heterocycles. The molecule has 2 aromatic carbocycles. The molecule has 0 spiro atoms. The molecule has 0 radical (unpaired) electrons. The van der Waals surface area contributed by atoms with E-state index in [4.69, 9.17) is 23.2 Å². The Hall–Kier alpha value is -1.60. The first-order valence-corrected chi connectivity index (χ1v) is 9.78. The van der Waals surface area contributed by atoms with E-state index in [0.717, 1.165) is 12.0 Å². The molecule has 5 heteroatoms. The van der Waals surface area contributed by atoms with Crippen molar-refractivity contribution in [2.75, 3.05) is 6.54 Å². The van der Waals surface area contributed by atoms with Crippen molar-refractivity contribution >= 4 is 23.2 Å². The Bertz CT molecular complexity index is 885. The smallest absolute Gasteiger partial charge is 0.129 e. The van der Waals surface area contributed by atoms with Crippen LogP contribution in [0.15, 0.2) is 42.5 Å². The number of nitriles is 1. The molecular formula is C22H23Cl2FN2. The summed E-state index contributed by atoms with van der Waals surface area (Å²) in [6, 6.07) is 14.2. The normalized spacial score (nSPS) is 25.4. The maximum Gasteiger partial charge on any atom is 0.129 e. The lowest BCUT2D eigenvalue weighted by Gasteiger charge is -2.37. The molecule has 1 N–H and O–H groups in total. The average Bonchev–Trinajstić information content (AvgIpc) is 2.92. The van der Waals surface area contributed by atoms with Gasteiger partial charge in [0.05, 0.1) is 12.1 Å². The monoisotopic (exact) mass is 404 g/mol. The quantitative estimate of drug-likeness (QED) is 0.651. The van der Waals surface area contributed by atoms with E-state index in [-0.39, 0.29) is 17.4 Å². The van der Waals surface area contributed by atoms with Crippen molar-refractivity contribution < 1.29 is 4.39 Å². The first kappa shape index (κ1) is 20.1. The van der Waals surface area contributed by atoms with E-state index in [0.29, 0.717) is 22.2 Å². The van der Waals surface area contributed by atoms with Crippen molar-refractivity contribution in [3.8, 4) is 6.07 Å². The predicted molar refractivity (Wildman–Crippen MR) is 108 cm³/mol. The highest BCUT2D eigenvalue weighted by atomic mass is 35.5. The molecule has 0 aliphatic carbocycles. The topological polar surface area (TPSA) is 35.8 Å². The number of benzene rings is 2. The van der Waals surface area contributed by atoms with E-state index in [1.807, 2.05) is 18.2 Å². The van der Waals surface area contributed by atoms with Crippen LogP contribution < -0.4 is 5.32 Å². The number of hydrogen-bond donors (Lipinski definition) is 1. The molecule has 0 amide bonds. The van der Waals surface area contributed by atoms with Crippen LogP contribution >= 0.6 is 23.2 Å². The first-order chi connectivity index (χ1) is 12.7. The number of hydrogen-bond acceptors (Lipinski definition) is 2. The Labute approximate surface area is 170 Å². The minimum atomic E-state index is -1.05. The van der Waals surface area contributed by atoms with Crippen LogP contribution in [0.5, 0.6) is 0 Å². The third kappa shape index (κ3) is 3.85. The number of nitrogens with one attached hydrogen (secondary N) is 1. The third-order valence-electron chi connectivity index (χ3n) is 5.27. The van der Waals surface area contributed by atoms with Gasteiger partial charge in [0, 0.05) is 22.2 Å². The Balaban J connectivity index is 2.20. The average molecular weight is 405 g/mol. The highest BCUT2D eigenvalue weighted by Gasteiger charge is 2.54. The van der Waals surface area contributed by atoms with Crippen molar-refractivity contribution in [2.45, 2.75) is 38.6 Å². The zero-order chi connectivity index (χ0) is 19.8. The van der Waals surface area contributed by atoms with Gasteiger partial charge >= 0.3 is 0 Å². The molecule has 1 unspecified atom stereocenters. The molecule has 1 heterocycles. The minimum Gasteiger partial charge on any atom is -0.308 e. The predicted octanol–water partition coefficient (Wildman–Crippen LogP) is 6.29. The Kier molecular flexibility index (Phi) is 5.54. The van der Waals surface area contributed by atoms with Gasteiger partial charge in [-0.1, -0.05) is 62.2 Å². The lowest BCUT2D eigenvalue weighted by Crippen LogP contribution is -2.39. The van der Waals surface area contributed by atoms with Gasteiger partial charge in [0.1, 0.15) is 11.2 Å². The van der Waals surface area contributed by atoms with Crippen LogP contribution in [0.4, 0.5) is 4.39 Å². The van der Waals surface area contributed by atoms with Gasteiger partial charge in [-0.25, -0.2) is 4.39 Å². The molecule has 1 fully saturated rings. The number of rotatable bonds is 3. The lowest BCUT2D eigenvalue weighted by molar-refractivity contribution is 0.247. The van der Waals surface area contributed by atoms with Gasteiger partial charge in [0.15, 0.2) is 0 Å². The van der Waals surface area contributed by atoms with Crippen LogP contribution in [-0.2, 0) is 5.41 Å². The van der Waals surface area contributed by atoms with E-state index in [2.05, 4.69) is 32.2 Å². The summed E-state index contributed by atoms with van der Waals surface area (Å²) < 4.78 is 15.0. The molecule has 0 bridgehead atoms. The van der Waals surface area contributed by atoms with Crippen LogP contribution in [0.1, 0.15) is 44.4 Å². The molecule has 142 valence electrons. The van der Waals surface area contributed by atoms with Crippen molar-refractivity contribution in [3.63, 3.8) is 0 Å². The highest BCUT2D eigenvalue weighted by Crippen LogP contribution is 2.51. The highest BCUT2D eigenvalue weighted by molar-refractivity contribution is 6.30. The van der Waals surface area contributed by atoms with Crippen LogP contribution in [0, 0.1) is 28.5 Å². The molecule has 1 aliphatic heterocycles. The summed E-state index contributed by atoms with van der Waals surface area (Å²) >= 11 is 12.2. The number of nitrogens with zero attached hydrogens (tertiary/aromatic N) is 1. The Morgan fingerprint density at radius 1 is 1.19 bits per heavy atom. The standard InChI is InChI=1S/C22H23Cl2FN2/c1-21(2,3)11-15-12-27-20(14-5-4-6-16(23)9-14)22(15,13-26)18-8-7-17(24)10-19(18)25/h4-10,15,20,27H,11-12H2,1-3H3/t15-,20-,22?/m1/s1. The zero-order valence-corrected chi connectivity index (χ0v) is 17.2. The van der Waals surface area contributed by atoms with E-state index in [1.165, 1.54) is 6.07 Å². The molecule has 3 rings (SSSR count). The van der Waals surface area contributed by atoms with E-state index >= 15 is 4.39 Å². The van der Waals surface area contributed by atoms with Gasteiger partial charge in [-0.05, 0) is 47.6 Å². The maximum atomic E-state index is 15.0. The minimum absolute atomic E-state index is 0.000567. The molecule has 3 atom stereocenters. The van der Waals surface area contributed by atoms with Gasteiger partial charge in [0.25, 0.3) is 0 Å². The second-order valence-electron chi connectivity index (χ2n) is 8.46. The second kappa shape index (κ2) is 7.43. The fourth-order valence-electron chi connectivity index (χ4n) is 4.27. The summed E-state index contributed by atoms with van der Waals surface area (Å²) in [5.41, 5.74) is 0.223. The number of halogens is 3. The summed E-state index contributed by atoms with van der Waals surface area (Å²) in [6.45, 7) is 7.05. The zero-order valence-electron chi connectivity index (χ0n) is 15.7. The lowest BCUT2D eigenvalue weighted by atomic mass is 9.63. The molecule has 27 heavy (non-hydrogen) atoms. The van der Waals surface area contributed by atoms with Crippen LogP contribution in [0.2, 0.25) is 10.0 Å². The Morgan fingerprint density at radius 2 is 1.89 bits per heavy atom. The second-order valence-corrected chi connectivity index (χ2v) is 9.34. The van der Waals surface area contributed by atoms with Crippen molar-refractivity contribution in [3.05, 3.63) is 69.5 Å². The Morgan fingerprint density at radius 3 is 2.48 bits per heavy atom. The summed E-state index contributed by atoms with van der Waals surface area (Å²) in [7, 11) is 0. The van der Waals surface area contributed by atoms with Crippen molar-refractivity contribution in [1.29, 1.82) is 5.26 Å². The first-order valence-electron chi connectivity index (χ1n) is 9.03. The van der Waals surface area contributed by atoms with Gasteiger partial charge < -0.3 is 5.32 Å². The summed E-state index contributed by atoms with van der Waals surface area (Å²) in [5.74, 6) is -0.499. The SMILES string of the molecule is CC(C)(C)C[C@@H]1CN[C@H](c2cccc(Cl)c2)C1(C#N)c1ccc(Cl)cc1F. The largest absolute Gasteiger partial charge is 0.308 e. The maximum absolute atomic E-state index is 15.0. The third-order valence-corrected chi connectivity index (χ3v) is 5.74. The van der Waals surface area contributed by atoms with Crippen LogP contribution in [0.25, 0.3) is 0 Å². The summed E-state index contributed by atoms with van der Waals surface area (Å²) in [4.78, 5) is 0. The van der Waals surface area contributed by atoms with Gasteiger partial charge in [-0.15, -0.1) is 0 Å². The van der Waals surface area contributed by atoms with Crippen molar-refractivity contribution in [2.24, 2.45) is 11.3 Å². The molecule has 1 saturated heterocycles. The molecule has 2 nitrogen and oxygen atoms in total. The molecule has 0 saturated carbocycles. The van der Waals surface area contributed by atoms with Gasteiger partial charge in [-0.3, -0.25) is 0 Å². The summed E-state index contributed by atoms with van der Waals surface area (Å²) in [6.07, 6.45) is 0.784. The molecule has 1 aliphatic rings. The molecular weight excluding hydrogens is 382 g/mol. The fourth-order valence-corrected chi connectivity index (χ4v) is 4.63. The van der Waals surface area contributed by atoms with E-state index < -0.39 is 11.2 Å². The van der Waals surface area contributed by atoms with Gasteiger partial charge in [0.2, 0.25) is 0 Å². The van der Waals surface area contributed by atoms with Crippen molar-refractivity contribution in [1.82, 2.24) is 5.32 Å². The van der Waals surface area contributed by atoms with Gasteiger partial charge in [-0.2, -0.15) is 5.26 Å². The van der Waals surface area contributed by atoms with E-state index in [9.17, 15) is 5.26 Å². The van der Waals surface area contributed by atoms with Crippen LogP contribution in [0.3, 0.4) is 0 Å². The summed E-state index contributed by atoms with van der Waals surface area (Å²) in [5, 5.41) is 14.8. The fraction of sp³-hybridized carbons (Fsp3) is 0.409. The molecule has 2 aromatic rings. The van der Waals surface area contributed by atoms with E-state index in [1.54, 1.807) is 18.2 Å². The van der Waals surface area contributed by atoms with Crippen LogP contribution in [-0.4, -0.2) is 6.54 Å².